The van der Waals surface area contributed by atoms with Crippen molar-refractivity contribution in [2.45, 2.75) is 26.8 Å². The molecular formula is C14H13F3N2O2S. The largest absolute Gasteiger partial charge is 0.573 e. The Morgan fingerprint density at radius 2 is 2.09 bits per heavy atom. The van der Waals surface area contributed by atoms with Gasteiger partial charge in [0.25, 0.3) is 5.91 Å². The van der Waals surface area contributed by atoms with E-state index in [1.165, 1.54) is 29.7 Å². The number of nitrogens with zero attached hydrogens (tertiary/aromatic N) is 1. The zero-order valence-electron chi connectivity index (χ0n) is 11.8. The van der Waals surface area contributed by atoms with Crippen LogP contribution in [0.4, 0.5) is 13.2 Å². The molecule has 0 saturated carbocycles. The summed E-state index contributed by atoms with van der Waals surface area (Å²) in [5.41, 5.74) is 1.65. The van der Waals surface area contributed by atoms with E-state index in [0.29, 0.717) is 16.8 Å². The maximum Gasteiger partial charge on any atom is 0.573 e. The van der Waals surface area contributed by atoms with E-state index >= 15 is 0 Å². The van der Waals surface area contributed by atoms with Crippen molar-refractivity contribution in [3.8, 4) is 5.75 Å². The number of benzene rings is 1. The van der Waals surface area contributed by atoms with Crippen LogP contribution in [0.15, 0.2) is 24.3 Å². The molecule has 1 aromatic carbocycles. The monoisotopic (exact) mass is 330 g/mol. The number of hydrogen-bond donors (Lipinski definition) is 1. The molecule has 2 rings (SSSR count). The molecule has 0 aliphatic carbocycles. The van der Waals surface area contributed by atoms with E-state index in [-0.39, 0.29) is 18.2 Å². The molecule has 2 aromatic rings. The lowest BCUT2D eigenvalue weighted by atomic mass is 10.2. The third-order valence-electron chi connectivity index (χ3n) is 2.85. The average Bonchev–Trinajstić information content (AvgIpc) is 2.74. The number of nitrogens with one attached hydrogen (secondary N) is 1. The van der Waals surface area contributed by atoms with Gasteiger partial charge in [-0.25, -0.2) is 0 Å². The van der Waals surface area contributed by atoms with Crippen molar-refractivity contribution in [1.82, 2.24) is 9.69 Å². The van der Waals surface area contributed by atoms with Crippen LogP contribution in [-0.4, -0.2) is 16.6 Å². The normalized spacial score (nSPS) is 11.3. The second kappa shape index (κ2) is 6.35. The summed E-state index contributed by atoms with van der Waals surface area (Å²) in [5, 5.41) is 2.66. The van der Waals surface area contributed by atoms with Gasteiger partial charge in [-0.15, -0.1) is 13.2 Å². The Bertz CT molecular complexity index is 663. The van der Waals surface area contributed by atoms with Gasteiger partial charge in [-0.1, -0.05) is 12.1 Å². The first-order valence-electron chi connectivity index (χ1n) is 6.32. The Hall–Kier alpha value is -2.09. The van der Waals surface area contributed by atoms with Gasteiger partial charge in [0.05, 0.1) is 11.3 Å². The van der Waals surface area contributed by atoms with Crippen LogP contribution in [0.2, 0.25) is 0 Å². The zero-order valence-corrected chi connectivity index (χ0v) is 12.6. The first-order valence-corrected chi connectivity index (χ1v) is 7.09. The van der Waals surface area contributed by atoms with Gasteiger partial charge in [-0.3, -0.25) is 4.79 Å². The third-order valence-corrected chi connectivity index (χ3v) is 3.69. The summed E-state index contributed by atoms with van der Waals surface area (Å²) in [4.78, 5) is 12.9. The molecule has 0 spiro atoms. The lowest BCUT2D eigenvalue weighted by Crippen LogP contribution is -2.24. The Morgan fingerprint density at radius 1 is 1.36 bits per heavy atom. The Kier molecular flexibility index (Phi) is 4.70. The number of carbonyl (C=O) groups excluding carboxylic acids is 1. The van der Waals surface area contributed by atoms with E-state index in [2.05, 4.69) is 14.4 Å². The van der Waals surface area contributed by atoms with Crippen LogP contribution in [0.25, 0.3) is 0 Å². The highest BCUT2D eigenvalue weighted by molar-refractivity contribution is 7.06. The number of alkyl halides is 3. The maximum atomic E-state index is 12.2. The van der Waals surface area contributed by atoms with Gasteiger partial charge in [0.15, 0.2) is 0 Å². The number of hydrogen-bond acceptors (Lipinski definition) is 4. The molecule has 0 unspecified atom stereocenters. The van der Waals surface area contributed by atoms with Crippen molar-refractivity contribution < 1.29 is 22.7 Å². The Balaban J connectivity index is 2.03. The van der Waals surface area contributed by atoms with Gasteiger partial charge in [-0.05, 0) is 43.1 Å². The van der Waals surface area contributed by atoms with E-state index < -0.39 is 6.36 Å². The molecule has 4 nitrogen and oxygen atoms in total. The van der Waals surface area contributed by atoms with Gasteiger partial charge < -0.3 is 10.1 Å². The standard InChI is InChI=1S/C14H13F3N2O2S/c1-8-12(9(2)22-19-8)13(20)18-7-10-4-3-5-11(6-10)21-14(15,16)17/h3-6H,7H2,1-2H3,(H,18,20). The number of carbonyl (C=O) groups is 1. The molecule has 0 fully saturated rings. The van der Waals surface area contributed by atoms with Crippen molar-refractivity contribution in [3.63, 3.8) is 0 Å². The molecule has 0 radical (unpaired) electrons. The first-order chi connectivity index (χ1) is 10.3. The molecular weight excluding hydrogens is 317 g/mol. The molecule has 1 aromatic heterocycles. The summed E-state index contributed by atoms with van der Waals surface area (Å²) in [5.74, 6) is -0.616. The van der Waals surface area contributed by atoms with E-state index in [4.69, 9.17) is 0 Å². The summed E-state index contributed by atoms with van der Waals surface area (Å²) in [6.45, 7) is 3.62. The predicted molar refractivity (Wildman–Crippen MR) is 75.9 cm³/mol. The van der Waals surface area contributed by atoms with Crippen LogP contribution in [0.5, 0.6) is 5.75 Å². The lowest BCUT2D eigenvalue weighted by molar-refractivity contribution is -0.274. The van der Waals surface area contributed by atoms with Crippen molar-refractivity contribution in [2.75, 3.05) is 0 Å². The molecule has 22 heavy (non-hydrogen) atoms. The van der Waals surface area contributed by atoms with E-state index in [9.17, 15) is 18.0 Å². The van der Waals surface area contributed by atoms with Crippen LogP contribution >= 0.6 is 11.5 Å². The van der Waals surface area contributed by atoms with Crippen LogP contribution < -0.4 is 10.1 Å². The average molecular weight is 330 g/mol. The molecule has 118 valence electrons. The summed E-state index contributed by atoms with van der Waals surface area (Å²) in [6.07, 6.45) is -4.74. The van der Waals surface area contributed by atoms with Crippen LogP contribution in [-0.2, 0) is 6.54 Å². The summed E-state index contributed by atoms with van der Waals surface area (Å²) < 4.78 is 44.4. The molecule has 0 bridgehead atoms. The van der Waals surface area contributed by atoms with Crippen molar-refractivity contribution >= 4 is 17.4 Å². The number of aryl methyl sites for hydroxylation is 2. The number of rotatable bonds is 4. The molecule has 0 aliphatic rings. The van der Waals surface area contributed by atoms with E-state index in [1.54, 1.807) is 19.9 Å². The highest BCUT2D eigenvalue weighted by Gasteiger charge is 2.31. The molecule has 1 amide bonds. The third kappa shape index (κ3) is 4.20. The molecule has 1 heterocycles. The summed E-state index contributed by atoms with van der Waals surface area (Å²) >= 11 is 1.23. The minimum atomic E-state index is -4.74. The van der Waals surface area contributed by atoms with Gasteiger partial charge in [0.1, 0.15) is 5.75 Å². The van der Waals surface area contributed by atoms with Crippen molar-refractivity contribution in [1.29, 1.82) is 0 Å². The molecule has 8 heteroatoms. The SMILES string of the molecule is Cc1nsc(C)c1C(=O)NCc1cccc(OC(F)(F)F)c1. The molecule has 0 saturated heterocycles. The van der Waals surface area contributed by atoms with E-state index in [0.717, 1.165) is 4.88 Å². The molecule has 0 aliphatic heterocycles. The van der Waals surface area contributed by atoms with Gasteiger partial charge >= 0.3 is 6.36 Å². The smallest absolute Gasteiger partial charge is 0.406 e. The number of aromatic nitrogens is 1. The first kappa shape index (κ1) is 16.3. The number of halogens is 3. The van der Waals surface area contributed by atoms with Crippen molar-refractivity contribution in [2.24, 2.45) is 0 Å². The van der Waals surface area contributed by atoms with Gasteiger partial charge in [0.2, 0.25) is 0 Å². The Labute approximate surface area is 129 Å². The summed E-state index contributed by atoms with van der Waals surface area (Å²) in [6, 6.07) is 5.48. The second-order valence-corrected chi connectivity index (χ2v) is 5.55. The van der Waals surface area contributed by atoms with Gasteiger partial charge in [0, 0.05) is 11.4 Å². The lowest BCUT2D eigenvalue weighted by Gasteiger charge is -2.10. The molecule has 0 atom stereocenters. The van der Waals surface area contributed by atoms with Crippen molar-refractivity contribution in [3.05, 3.63) is 46.0 Å². The Morgan fingerprint density at radius 3 is 2.68 bits per heavy atom. The fraction of sp³-hybridized carbons (Fsp3) is 0.286. The second-order valence-electron chi connectivity index (χ2n) is 4.58. The zero-order chi connectivity index (χ0) is 16.3. The number of ether oxygens (including phenoxy) is 1. The molecule has 1 N–H and O–H groups in total. The minimum absolute atomic E-state index is 0.0998. The van der Waals surface area contributed by atoms with Gasteiger partial charge in [-0.2, -0.15) is 4.37 Å². The van der Waals surface area contributed by atoms with E-state index in [1.807, 2.05) is 0 Å². The van der Waals surface area contributed by atoms with Crippen LogP contribution in [0, 0.1) is 13.8 Å². The summed E-state index contributed by atoms with van der Waals surface area (Å²) in [7, 11) is 0. The quantitative estimate of drug-likeness (QED) is 0.932. The number of amides is 1. The topological polar surface area (TPSA) is 51.2 Å². The fourth-order valence-corrected chi connectivity index (χ4v) is 2.63. The highest BCUT2D eigenvalue weighted by Crippen LogP contribution is 2.23. The van der Waals surface area contributed by atoms with Crippen LogP contribution in [0.1, 0.15) is 26.5 Å². The fourth-order valence-electron chi connectivity index (χ4n) is 1.93. The minimum Gasteiger partial charge on any atom is -0.406 e. The maximum absolute atomic E-state index is 12.2. The van der Waals surface area contributed by atoms with Crippen LogP contribution in [0.3, 0.4) is 0 Å². The predicted octanol–water partition coefficient (Wildman–Crippen LogP) is 3.59. The highest BCUT2D eigenvalue weighted by atomic mass is 32.1.